The summed E-state index contributed by atoms with van der Waals surface area (Å²) in [6.07, 6.45) is -4.53. The molecule has 0 saturated carbocycles. The molecule has 0 aromatic heterocycles. The molecule has 0 aliphatic rings. The van der Waals surface area contributed by atoms with Crippen LogP contribution >= 0.6 is 0 Å². The van der Waals surface area contributed by atoms with Crippen molar-refractivity contribution < 1.29 is 22.6 Å². The molecule has 102 valence electrons. The Morgan fingerprint density at radius 3 is 2.56 bits per heavy atom. The molecule has 0 aliphatic carbocycles. The van der Waals surface area contributed by atoms with Gasteiger partial charge in [0.25, 0.3) is 0 Å². The maximum atomic E-state index is 11.8. The fraction of sp³-hybridized carbons (Fsp3) is 0.500. The van der Waals surface area contributed by atoms with E-state index in [4.69, 9.17) is 15.2 Å². The van der Waals surface area contributed by atoms with E-state index in [0.29, 0.717) is 24.5 Å². The maximum absolute atomic E-state index is 11.8. The summed E-state index contributed by atoms with van der Waals surface area (Å²) in [6, 6.07) is 6.96. The van der Waals surface area contributed by atoms with Gasteiger partial charge in [0.2, 0.25) is 0 Å². The van der Waals surface area contributed by atoms with Crippen molar-refractivity contribution in [2.45, 2.75) is 19.0 Å². The molecule has 0 heterocycles. The first-order valence-corrected chi connectivity index (χ1v) is 5.60. The van der Waals surface area contributed by atoms with Crippen molar-refractivity contribution in [1.82, 2.24) is 0 Å². The highest BCUT2D eigenvalue weighted by Crippen LogP contribution is 2.19. The Bertz CT molecular complexity index is 355. The lowest BCUT2D eigenvalue weighted by Crippen LogP contribution is -2.12. The van der Waals surface area contributed by atoms with Crippen molar-refractivity contribution in [2.75, 3.05) is 25.6 Å². The van der Waals surface area contributed by atoms with E-state index in [-0.39, 0.29) is 13.2 Å². The molecule has 1 aromatic rings. The largest absolute Gasteiger partial charge is 0.493 e. The van der Waals surface area contributed by atoms with Gasteiger partial charge in [0.1, 0.15) is 5.75 Å². The van der Waals surface area contributed by atoms with E-state index in [9.17, 15) is 13.2 Å². The molecular formula is C12H16F3NO2. The second kappa shape index (κ2) is 7.10. The molecule has 0 bridgehead atoms. The number of ether oxygens (including phenoxy) is 2. The molecule has 2 N–H and O–H groups in total. The fourth-order valence-electron chi connectivity index (χ4n) is 1.25. The lowest BCUT2D eigenvalue weighted by Gasteiger charge is -2.08. The third-order valence-corrected chi connectivity index (χ3v) is 2.09. The standard InChI is InChI=1S/C12H16F3NO2/c13-12(14,15)5-8-17-6-2-7-18-11-4-1-3-10(16)9-11/h1,3-4,9H,2,5-8,16H2. The van der Waals surface area contributed by atoms with Gasteiger partial charge in [0.15, 0.2) is 0 Å². The summed E-state index contributed by atoms with van der Waals surface area (Å²) in [5.41, 5.74) is 6.16. The van der Waals surface area contributed by atoms with E-state index < -0.39 is 12.6 Å². The molecule has 1 rings (SSSR count). The van der Waals surface area contributed by atoms with Crippen LogP contribution in [0.3, 0.4) is 0 Å². The molecule has 0 unspecified atom stereocenters. The van der Waals surface area contributed by atoms with Gasteiger partial charge < -0.3 is 15.2 Å². The van der Waals surface area contributed by atoms with E-state index in [1.54, 1.807) is 24.3 Å². The first-order valence-electron chi connectivity index (χ1n) is 5.60. The summed E-state index contributed by atoms with van der Waals surface area (Å²) >= 11 is 0. The summed E-state index contributed by atoms with van der Waals surface area (Å²) in [4.78, 5) is 0. The van der Waals surface area contributed by atoms with Gasteiger partial charge in [-0.1, -0.05) is 6.07 Å². The number of halogens is 3. The number of anilines is 1. The van der Waals surface area contributed by atoms with Gasteiger partial charge in [-0.2, -0.15) is 13.2 Å². The van der Waals surface area contributed by atoms with E-state index in [1.165, 1.54) is 0 Å². The first-order chi connectivity index (χ1) is 8.47. The minimum absolute atomic E-state index is 0.248. The van der Waals surface area contributed by atoms with Crippen LogP contribution in [0, 0.1) is 0 Å². The van der Waals surface area contributed by atoms with E-state index in [0.717, 1.165) is 0 Å². The van der Waals surface area contributed by atoms with Crippen LogP contribution in [0.1, 0.15) is 12.8 Å². The molecule has 0 atom stereocenters. The van der Waals surface area contributed by atoms with Crippen molar-refractivity contribution in [3.63, 3.8) is 0 Å². The number of nitrogens with two attached hydrogens (primary N) is 1. The van der Waals surface area contributed by atoms with Gasteiger partial charge in [-0.05, 0) is 12.1 Å². The average molecular weight is 263 g/mol. The second-order valence-electron chi connectivity index (χ2n) is 3.75. The Morgan fingerprint density at radius 2 is 1.89 bits per heavy atom. The lowest BCUT2D eigenvalue weighted by atomic mass is 10.3. The van der Waals surface area contributed by atoms with Gasteiger partial charge in [0.05, 0.1) is 19.6 Å². The van der Waals surface area contributed by atoms with E-state index in [2.05, 4.69) is 0 Å². The highest BCUT2D eigenvalue weighted by molar-refractivity contribution is 5.43. The van der Waals surface area contributed by atoms with Crippen LogP contribution in [0.4, 0.5) is 18.9 Å². The predicted octanol–water partition coefficient (Wildman–Crippen LogP) is 3.01. The minimum atomic E-state index is -4.15. The Kier molecular flexibility index (Phi) is 5.77. The van der Waals surface area contributed by atoms with Crippen LogP contribution in [0.5, 0.6) is 5.75 Å². The van der Waals surface area contributed by atoms with Crippen molar-refractivity contribution in [3.8, 4) is 5.75 Å². The quantitative estimate of drug-likeness (QED) is 0.607. The molecule has 1 aromatic carbocycles. The van der Waals surface area contributed by atoms with Gasteiger partial charge in [-0.25, -0.2) is 0 Å². The zero-order chi connectivity index (χ0) is 13.4. The topological polar surface area (TPSA) is 44.5 Å². The molecule has 0 fully saturated rings. The molecule has 3 nitrogen and oxygen atoms in total. The maximum Gasteiger partial charge on any atom is 0.391 e. The third kappa shape index (κ3) is 7.01. The smallest absolute Gasteiger partial charge is 0.391 e. The predicted molar refractivity (Wildman–Crippen MR) is 62.5 cm³/mol. The summed E-state index contributed by atoms with van der Waals surface area (Å²) in [5.74, 6) is 0.644. The summed E-state index contributed by atoms with van der Waals surface area (Å²) in [7, 11) is 0. The van der Waals surface area contributed by atoms with Crippen LogP contribution < -0.4 is 10.5 Å². The van der Waals surface area contributed by atoms with Crippen LogP contribution in [-0.4, -0.2) is 26.0 Å². The third-order valence-electron chi connectivity index (χ3n) is 2.09. The normalized spacial score (nSPS) is 11.5. The molecule has 18 heavy (non-hydrogen) atoms. The molecule has 0 aliphatic heterocycles. The minimum Gasteiger partial charge on any atom is -0.493 e. The first kappa shape index (κ1) is 14.6. The highest BCUT2D eigenvalue weighted by Gasteiger charge is 2.26. The van der Waals surface area contributed by atoms with Crippen molar-refractivity contribution >= 4 is 5.69 Å². The van der Waals surface area contributed by atoms with Gasteiger partial charge >= 0.3 is 6.18 Å². The van der Waals surface area contributed by atoms with Crippen molar-refractivity contribution in [2.24, 2.45) is 0 Å². The molecule has 0 saturated heterocycles. The van der Waals surface area contributed by atoms with E-state index >= 15 is 0 Å². The van der Waals surface area contributed by atoms with Gasteiger partial charge in [-0.15, -0.1) is 0 Å². The van der Waals surface area contributed by atoms with Crippen LogP contribution in [0.2, 0.25) is 0 Å². The number of nitrogen functional groups attached to an aromatic ring is 1. The Labute approximate surface area is 104 Å². The summed E-state index contributed by atoms with van der Waals surface area (Å²) in [5, 5.41) is 0. The SMILES string of the molecule is Nc1cccc(OCCCOCCC(F)(F)F)c1. The van der Waals surface area contributed by atoms with Gasteiger partial charge in [-0.3, -0.25) is 0 Å². The second-order valence-corrected chi connectivity index (χ2v) is 3.75. The van der Waals surface area contributed by atoms with Crippen LogP contribution in [0.15, 0.2) is 24.3 Å². The number of alkyl halides is 3. The van der Waals surface area contributed by atoms with E-state index in [1.807, 2.05) is 0 Å². The van der Waals surface area contributed by atoms with Crippen molar-refractivity contribution in [1.29, 1.82) is 0 Å². The van der Waals surface area contributed by atoms with Crippen LogP contribution in [0.25, 0.3) is 0 Å². The monoisotopic (exact) mass is 263 g/mol. The number of benzene rings is 1. The summed E-state index contributed by atoms with van der Waals surface area (Å²) < 4.78 is 45.5. The molecular weight excluding hydrogens is 247 g/mol. The average Bonchev–Trinajstić information content (AvgIpc) is 2.26. The highest BCUT2D eigenvalue weighted by atomic mass is 19.4. The molecule has 6 heteroatoms. The molecule has 0 radical (unpaired) electrons. The Hall–Kier alpha value is -1.43. The lowest BCUT2D eigenvalue weighted by molar-refractivity contribution is -0.145. The van der Waals surface area contributed by atoms with Crippen molar-refractivity contribution in [3.05, 3.63) is 24.3 Å². The fourth-order valence-corrected chi connectivity index (χ4v) is 1.25. The summed E-state index contributed by atoms with van der Waals surface area (Å²) in [6.45, 7) is 0.329. The number of hydrogen-bond acceptors (Lipinski definition) is 3. The van der Waals surface area contributed by atoms with Crippen LogP contribution in [-0.2, 0) is 4.74 Å². The Morgan fingerprint density at radius 1 is 1.11 bits per heavy atom. The Balaban J connectivity index is 2.02. The number of rotatable bonds is 7. The van der Waals surface area contributed by atoms with Gasteiger partial charge in [0, 0.05) is 24.8 Å². The number of hydrogen-bond donors (Lipinski definition) is 1. The zero-order valence-corrected chi connectivity index (χ0v) is 9.87. The molecule has 0 spiro atoms. The molecule has 0 amide bonds. The zero-order valence-electron chi connectivity index (χ0n) is 9.87.